The highest BCUT2D eigenvalue weighted by molar-refractivity contribution is 7.98. The number of carbonyl (C=O) groups is 1. The molecule has 2 rings (SSSR count). The van der Waals surface area contributed by atoms with Crippen molar-refractivity contribution in [2.24, 2.45) is 0 Å². The topological polar surface area (TPSA) is 41.1 Å². The van der Waals surface area contributed by atoms with Crippen LogP contribution in [0.15, 0.2) is 29.2 Å². The summed E-state index contributed by atoms with van der Waals surface area (Å²) in [6.07, 6.45) is 7.01. The molecule has 1 aliphatic rings. The molecule has 0 aromatic heterocycles. The summed E-state index contributed by atoms with van der Waals surface area (Å²) in [4.78, 5) is 13.0. The first-order valence-electron chi connectivity index (χ1n) is 6.45. The Labute approximate surface area is 113 Å². The van der Waals surface area contributed by atoms with Gasteiger partial charge in [0, 0.05) is 16.6 Å². The highest BCUT2D eigenvalue weighted by Crippen LogP contribution is 2.19. The zero-order valence-corrected chi connectivity index (χ0v) is 11.6. The van der Waals surface area contributed by atoms with Crippen LogP contribution in [0.25, 0.3) is 0 Å². The Balaban J connectivity index is 1.78. The van der Waals surface area contributed by atoms with Gasteiger partial charge in [0.15, 0.2) is 0 Å². The molecule has 2 N–H and O–H groups in total. The van der Waals surface area contributed by atoms with Crippen LogP contribution in [0.3, 0.4) is 0 Å². The minimum atomic E-state index is 0.0418. The fraction of sp³-hybridized carbons (Fsp3) is 0.500. The monoisotopic (exact) mass is 264 g/mol. The predicted octanol–water partition coefficient (Wildman–Crippen LogP) is 2.88. The van der Waals surface area contributed by atoms with Crippen molar-refractivity contribution in [1.29, 1.82) is 0 Å². The number of nitrogens with one attached hydrogen (secondary N) is 2. The molecule has 1 saturated carbocycles. The molecule has 0 saturated heterocycles. The van der Waals surface area contributed by atoms with Gasteiger partial charge in [0.25, 0.3) is 0 Å². The van der Waals surface area contributed by atoms with Crippen LogP contribution in [0.2, 0.25) is 0 Å². The van der Waals surface area contributed by atoms with Crippen molar-refractivity contribution in [3.8, 4) is 0 Å². The maximum Gasteiger partial charge on any atom is 0.238 e. The van der Waals surface area contributed by atoms with E-state index in [4.69, 9.17) is 0 Å². The predicted molar refractivity (Wildman–Crippen MR) is 77.1 cm³/mol. The summed E-state index contributed by atoms with van der Waals surface area (Å²) in [5.41, 5.74) is 0.875. The number of carbonyl (C=O) groups excluding carboxylic acids is 1. The second-order valence-corrected chi connectivity index (χ2v) is 5.52. The lowest BCUT2D eigenvalue weighted by atomic mass is 10.2. The van der Waals surface area contributed by atoms with E-state index in [2.05, 4.69) is 10.6 Å². The molecule has 0 heterocycles. The number of hydrogen-bond acceptors (Lipinski definition) is 3. The molecule has 1 aromatic carbocycles. The first-order chi connectivity index (χ1) is 8.78. The third-order valence-corrected chi connectivity index (χ3v) is 3.99. The third kappa shape index (κ3) is 4.03. The largest absolute Gasteiger partial charge is 0.325 e. The molecule has 4 heteroatoms. The second-order valence-electron chi connectivity index (χ2n) is 4.64. The van der Waals surface area contributed by atoms with Crippen molar-refractivity contribution < 1.29 is 4.79 Å². The number of benzene rings is 1. The summed E-state index contributed by atoms with van der Waals surface area (Å²) in [5.74, 6) is 0.0418. The molecule has 0 radical (unpaired) electrons. The number of amides is 1. The molecule has 0 atom stereocenters. The van der Waals surface area contributed by atoms with Gasteiger partial charge in [-0.15, -0.1) is 11.8 Å². The SMILES string of the molecule is CSc1cccc(NC(=O)CNC2CCCC2)c1. The summed E-state index contributed by atoms with van der Waals surface area (Å²) in [6.45, 7) is 0.411. The van der Waals surface area contributed by atoms with Gasteiger partial charge in [-0.05, 0) is 37.3 Å². The van der Waals surface area contributed by atoms with Gasteiger partial charge >= 0.3 is 0 Å². The van der Waals surface area contributed by atoms with Crippen molar-refractivity contribution in [2.45, 2.75) is 36.6 Å². The molecule has 0 unspecified atom stereocenters. The standard InChI is InChI=1S/C14H20N2OS/c1-18-13-8-4-7-12(9-13)16-14(17)10-15-11-5-2-3-6-11/h4,7-9,11,15H,2-3,5-6,10H2,1H3,(H,16,17). The van der Waals surface area contributed by atoms with E-state index in [-0.39, 0.29) is 5.91 Å². The number of thioether (sulfide) groups is 1. The molecule has 0 bridgehead atoms. The summed E-state index contributed by atoms with van der Waals surface area (Å²) in [7, 11) is 0. The minimum absolute atomic E-state index is 0.0418. The van der Waals surface area contributed by atoms with Gasteiger partial charge in [-0.2, -0.15) is 0 Å². The Morgan fingerprint density at radius 2 is 2.17 bits per heavy atom. The maximum absolute atomic E-state index is 11.8. The molecule has 18 heavy (non-hydrogen) atoms. The average Bonchev–Trinajstić information content (AvgIpc) is 2.90. The fourth-order valence-corrected chi connectivity index (χ4v) is 2.73. The fourth-order valence-electron chi connectivity index (χ4n) is 2.27. The summed E-state index contributed by atoms with van der Waals surface area (Å²) < 4.78 is 0. The zero-order valence-electron chi connectivity index (χ0n) is 10.7. The van der Waals surface area contributed by atoms with E-state index >= 15 is 0 Å². The lowest BCUT2D eigenvalue weighted by molar-refractivity contribution is -0.115. The van der Waals surface area contributed by atoms with Gasteiger partial charge in [-0.1, -0.05) is 18.9 Å². The van der Waals surface area contributed by atoms with Crippen LogP contribution in [-0.2, 0) is 4.79 Å². The Morgan fingerprint density at radius 1 is 1.39 bits per heavy atom. The van der Waals surface area contributed by atoms with E-state index < -0.39 is 0 Å². The molecule has 1 fully saturated rings. The number of hydrogen-bond donors (Lipinski definition) is 2. The smallest absolute Gasteiger partial charge is 0.238 e. The van der Waals surface area contributed by atoms with Crippen molar-refractivity contribution in [3.05, 3.63) is 24.3 Å². The maximum atomic E-state index is 11.8. The quantitative estimate of drug-likeness (QED) is 0.804. The normalized spacial score (nSPS) is 15.8. The van der Waals surface area contributed by atoms with Crippen molar-refractivity contribution in [1.82, 2.24) is 5.32 Å². The first-order valence-corrected chi connectivity index (χ1v) is 7.67. The van der Waals surface area contributed by atoms with E-state index in [1.165, 1.54) is 25.7 Å². The molecule has 1 aliphatic carbocycles. The molecule has 1 amide bonds. The summed E-state index contributed by atoms with van der Waals surface area (Å²) in [6, 6.07) is 8.46. The van der Waals surface area contributed by atoms with E-state index in [1.807, 2.05) is 30.5 Å². The van der Waals surface area contributed by atoms with Crippen LogP contribution in [-0.4, -0.2) is 24.7 Å². The Kier molecular flexibility index (Phi) is 5.08. The second kappa shape index (κ2) is 6.81. The Hall–Kier alpha value is -1.00. The van der Waals surface area contributed by atoms with Crippen LogP contribution in [0.5, 0.6) is 0 Å². The van der Waals surface area contributed by atoms with Gasteiger partial charge in [-0.3, -0.25) is 4.79 Å². The molecular weight excluding hydrogens is 244 g/mol. The van der Waals surface area contributed by atoms with Crippen LogP contribution in [0.1, 0.15) is 25.7 Å². The van der Waals surface area contributed by atoms with E-state index in [0.29, 0.717) is 12.6 Å². The van der Waals surface area contributed by atoms with E-state index in [1.54, 1.807) is 11.8 Å². The Bertz CT molecular complexity index is 403. The average molecular weight is 264 g/mol. The molecule has 0 aliphatic heterocycles. The number of rotatable bonds is 5. The lowest BCUT2D eigenvalue weighted by Crippen LogP contribution is -2.34. The molecule has 1 aromatic rings. The van der Waals surface area contributed by atoms with Crippen molar-refractivity contribution in [2.75, 3.05) is 18.1 Å². The third-order valence-electron chi connectivity index (χ3n) is 3.26. The Morgan fingerprint density at radius 3 is 2.89 bits per heavy atom. The van der Waals surface area contributed by atoms with Crippen molar-refractivity contribution >= 4 is 23.4 Å². The highest BCUT2D eigenvalue weighted by Gasteiger charge is 2.15. The van der Waals surface area contributed by atoms with Gasteiger partial charge < -0.3 is 10.6 Å². The summed E-state index contributed by atoms with van der Waals surface area (Å²) >= 11 is 1.68. The van der Waals surface area contributed by atoms with Gasteiger partial charge in [-0.25, -0.2) is 0 Å². The van der Waals surface area contributed by atoms with Crippen LogP contribution in [0, 0.1) is 0 Å². The van der Waals surface area contributed by atoms with Crippen LogP contribution in [0.4, 0.5) is 5.69 Å². The zero-order chi connectivity index (χ0) is 12.8. The van der Waals surface area contributed by atoms with Gasteiger partial charge in [0.2, 0.25) is 5.91 Å². The van der Waals surface area contributed by atoms with E-state index in [9.17, 15) is 4.79 Å². The van der Waals surface area contributed by atoms with Crippen LogP contribution < -0.4 is 10.6 Å². The minimum Gasteiger partial charge on any atom is -0.325 e. The molecule has 98 valence electrons. The van der Waals surface area contributed by atoms with Gasteiger partial charge in [0.05, 0.1) is 6.54 Å². The molecular formula is C14H20N2OS. The summed E-state index contributed by atoms with van der Waals surface area (Å²) in [5, 5.41) is 6.24. The van der Waals surface area contributed by atoms with Gasteiger partial charge in [0.1, 0.15) is 0 Å². The first kappa shape index (κ1) is 13.4. The number of anilines is 1. The van der Waals surface area contributed by atoms with E-state index in [0.717, 1.165) is 10.6 Å². The highest BCUT2D eigenvalue weighted by atomic mass is 32.2. The lowest BCUT2D eigenvalue weighted by Gasteiger charge is -2.12. The van der Waals surface area contributed by atoms with Crippen molar-refractivity contribution in [3.63, 3.8) is 0 Å². The molecule has 0 spiro atoms. The molecule has 3 nitrogen and oxygen atoms in total. The van der Waals surface area contributed by atoms with Crippen LogP contribution >= 0.6 is 11.8 Å².